The first-order valence-corrected chi connectivity index (χ1v) is 7.03. The van der Waals surface area contributed by atoms with Crippen molar-refractivity contribution in [2.24, 2.45) is 0 Å². The van der Waals surface area contributed by atoms with Crippen molar-refractivity contribution >= 4 is 23.1 Å². The molecule has 4 nitrogen and oxygen atoms in total. The highest BCUT2D eigenvalue weighted by Crippen LogP contribution is 2.28. The normalized spacial score (nSPS) is 24.9. The van der Waals surface area contributed by atoms with Gasteiger partial charge in [0.25, 0.3) is 0 Å². The lowest BCUT2D eigenvalue weighted by Crippen LogP contribution is -2.37. The molecule has 5 heteroatoms. The summed E-state index contributed by atoms with van der Waals surface area (Å²) in [5.74, 6) is 0.858. The average molecular weight is 267 g/mol. The van der Waals surface area contributed by atoms with Crippen LogP contribution in [0.5, 0.6) is 0 Å². The SMILES string of the molecule is Nc1ccc(Cl)nc1N1CCCN2CCCC2C1. The standard InChI is InChI=1S/C13H19ClN4/c14-12-5-4-11(15)13(16-12)18-8-2-7-17-6-1-3-10(17)9-18/h4-5,10H,1-3,6-9,15H2. The van der Waals surface area contributed by atoms with E-state index in [0.29, 0.717) is 11.2 Å². The maximum absolute atomic E-state index is 6.03. The first-order valence-electron chi connectivity index (χ1n) is 6.65. The van der Waals surface area contributed by atoms with Gasteiger partial charge in [-0.1, -0.05) is 11.6 Å². The number of hydrogen-bond acceptors (Lipinski definition) is 4. The lowest BCUT2D eigenvalue weighted by atomic mass is 10.2. The monoisotopic (exact) mass is 266 g/mol. The molecule has 98 valence electrons. The Hall–Kier alpha value is -1.00. The summed E-state index contributed by atoms with van der Waals surface area (Å²) in [6, 6.07) is 4.26. The quantitative estimate of drug-likeness (QED) is 0.790. The molecular weight excluding hydrogens is 248 g/mol. The summed E-state index contributed by atoms with van der Waals surface area (Å²) in [4.78, 5) is 9.30. The van der Waals surface area contributed by atoms with E-state index in [9.17, 15) is 0 Å². The van der Waals surface area contributed by atoms with Crippen LogP contribution in [0.1, 0.15) is 19.3 Å². The fraction of sp³-hybridized carbons (Fsp3) is 0.615. The van der Waals surface area contributed by atoms with Gasteiger partial charge in [-0.05, 0) is 37.9 Å². The molecule has 0 saturated carbocycles. The second-order valence-electron chi connectivity index (χ2n) is 5.18. The molecule has 0 bridgehead atoms. The molecule has 2 fully saturated rings. The number of rotatable bonds is 1. The Morgan fingerprint density at radius 3 is 2.94 bits per heavy atom. The van der Waals surface area contributed by atoms with Crippen LogP contribution in [0.3, 0.4) is 0 Å². The molecule has 2 aliphatic rings. The topological polar surface area (TPSA) is 45.4 Å². The minimum Gasteiger partial charge on any atom is -0.396 e. The molecule has 0 amide bonds. The second kappa shape index (κ2) is 4.94. The molecule has 3 heterocycles. The highest BCUT2D eigenvalue weighted by Gasteiger charge is 2.29. The van der Waals surface area contributed by atoms with Crippen LogP contribution < -0.4 is 10.6 Å². The van der Waals surface area contributed by atoms with Crippen molar-refractivity contribution in [3.8, 4) is 0 Å². The van der Waals surface area contributed by atoms with Crippen molar-refractivity contribution in [1.29, 1.82) is 0 Å². The Bertz CT molecular complexity index is 437. The van der Waals surface area contributed by atoms with Gasteiger partial charge in [-0.2, -0.15) is 0 Å². The Balaban J connectivity index is 1.84. The van der Waals surface area contributed by atoms with E-state index in [1.807, 2.05) is 6.07 Å². The number of fused-ring (bicyclic) bond motifs is 1. The summed E-state index contributed by atoms with van der Waals surface area (Å²) < 4.78 is 0. The molecule has 0 aliphatic carbocycles. The second-order valence-corrected chi connectivity index (χ2v) is 5.57. The smallest absolute Gasteiger partial charge is 0.153 e. The molecule has 1 aromatic rings. The zero-order valence-electron chi connectivity index (χ0n) is 10.5. The number of anilines is 2. The molecule has 2 saturated heterocycles. The fourth-order valence-electron chi connectivity index (χ4n) is 3.09. The van der Waals surface area contributed by atoms with E-state index in [-0.39, 0.29) is 0 Å². The van der Waals surface area contributed by atoms with Gasteiger partial charge < -0.3 is 10.6 Å². The van der Waals surface area contributed by atoms with Crippen molar-refractivity contribution in [3.63, 3.8) is 0 Å². The lowest BCUT2D eigenvalue weighted by molar-refractivity contribution is 0.273. The number of nitrogen functional groups attached to an aromatic ring is 1. The van der Waals surface area contributed by atoms with Gasteiger partial charge in [-0.15, -0.1) is 0 Å². The molecule has 0 spiro atoms. The van der Waals surface area contributed by atoms with Crippen LogP contribution >= 0.6 is 11.6 Å². The summed E-state index contributed by atoms with van der Waals surface area (Å²) in [5, 5.41) is 0.520. The molecule has 18 heavy (non-hydrogen) atoms. The Kier molecular flexibility index (Phi) is 3.31. The van der Waals surface area contributed by atoms with Crippen LogP contribution in [0, 0.1) is 0 Å². The van der Waals surface area contributed by atoms with Crippen LogP contribution in [-0.2, 0) is 0 Å². The number of pyridine rings is 1. The molecule has 1 atom stereocenters. The van der Waals surface area contributed by atoms with Gasteiger partial charge in [0.05, 0.1) is 5.69 Å². The molecule has 0 radical (unpaired) electrons. The van der Waals surface area contributed by atoms with Crippen LogP contribution in [0.2, 0.25) is 5.15 Å². The molecule has 2 N–H and O–H groups in total. The summed E-state index contributed by atoms with van der Waals surface area (Å²) in [6.07, 6.45) is 3.78. The van der Waals surface area contributed by atoms with E-state index in [1.54, 1.807) is 6.07 Å². The third-order valence-corrected chi connectivity index (χ3v) is 4.18. The molecule has 0 aromatic carbocycles. The predicted molar refractivity (Wildman–Crippen MR) is 75.1 cm³/mol. The van der Waals surface area contributed by atoms with Crippen molar-refractivity contribution in [3.05, 3.63) is 17.3 Å². The average Bonchev–Trinajstić information content (AvgIpc) is 2.70. The van der Waals surface area contributed by atoms with Crippen molar-refractivity contribution in [2.45, 2.75) is 25.3 Å². The largest absolute Gasteiger partial charge is 0.396 e. The van der Waals surface area contributed by atoms with E-state index in [1.165, 1.54) is 32.4 Å². The zero-order chi connectivity index (χ0) is 12.5. The third-order valence-electron chi connectivity index (χ3n) is 3.97. The van der Waals surface area contributed by atoms with E-state index in [0.717, 1.165) is 24.6 Å². The third kappa shape index (κ3) is 2.27. The molecule has 2 aliphatic heterocycles. The highest BCUT2D eigenvalue weighted by molar-refractivity contribution is 6.29. The van der Waals surface area contributed by atoms with Crippen LogP contribution in [-0.4, -0.2) is 42.1 Å². The van der Waals surface area contributed by atoms with Crippen LogP contribution in [0.15, 0.2) is 12.1 Å². The number of halogens is 1. The number of aromatic nitrogens is 1. The van der Waals surface area contributed by atoms with Gasteiger partial charge in [-0.25, -0.2) is 4.98 Å². The minimum absolute atomic E-state index is 0.520. The van der Waals surface area contributed by atoms with Gasteiger partial charge in [-0.3, -0.25) is 4.90 Å². The number of nitrogens with zero attached hydrogens (tertiary/aromatic N) is 3. The van der Waals surface area contributed by atoms with Crippen LogP contribution in [0.4, 0.5) is 11.5 Å². The lowest BCUT2D eigenvalue weighted by Gasteiger charge is -2.27. The van der Waals surface area contributed by atoms with Gasteiger partial charge in [0.15, 0.2) is 5.82 Å². The van der Waals surface area contributed by atoms with Gasteiger partial charge in [0.1, 0.15) is 5.15 Å². The summed E-state index contributed by atoms with van der Waals surface area (Å²) in [6.45, 7) is 4.49. The van der Waals surface area contributed by atoms with Gasteiger partial charge >= 0.3 is 0 Å². The first kappa shape index (κ1) is 12.1. The Morgan fingerprint density at radius 2 is 2.06 bits per heavy atom. The molecule has 1 aromatic heterocycles. The highest BCUT2D eigenvalue weighted by atomic mass is 35.5. The minimum atomic E-state index is 0.520. The van der Waals surface area contributed by atoms with Gasteiger partial charge in [0.2, 0.25) is 0 Å². The Labute approximate surface area is 113 Å². The maximum Gasteiger partial charge on any atom is 0.153 e. The van der Waals surface area contributed by atoms with E-state index < -0.39 is 0 Å². The van der Waals surface area contributed by atoms with Crippen molar-refractivity contribution in [1.82, 2.24) is 9.88 Å². The number of hydrogen-bond donors (Lipinski definition) is 1. The van der Waals surface area contributed by atoms with E-state index in [2.05, 4.69) is 14.8 Å². The van der Waals surface area contributed by atoms with Crippen molar-refractivity contribution < 1.29 is 0 Å². The fourth-order valence-corrected chi connectivity index (χ4v) is 3.23. The maximum atomic E-state index is 6.03. The van der Waals surface area contributed by atoms with Crippen molar-refractivity contribution in [2.75, 3.05) is 36.8 Å². The number of nitrogens with two attached hydrogens (primary N) is 1. The predicted octanol–water partition coefficient (Wildman–Crippen LogP) is 1.99. The van der Waals surface area contributed by atoms with Gasteiger partial charge in [0, 0.05) is 25.7 Å². The summed E-state index contributed by atoms with van der Waals surface area (Å²) in [7, 11) is 0. The summed E-state index contributed by atoms with van der Waals surface area (Å²) in [5.41, 5.74) is 6.76. The molecular formula is C13H19ClN4. The zero-order valence-corrected chi connectivity index (χ0v) is 11.2. The molecule has 1 unspecified atom stereocenters. The van der Waals surface area contributed by atoms with Crippen LogP contribution in [0.25, 0.3) is 0 Å². The Morgan fingerprint density at radius 1 is 1.22 bits per heavy atom. The molecule has 3 rings (SSSR count). The van der Waals surface area contributed by atoms with E-state index in [4.69, 9.17) is 17.3 Å². The first-order chi connectivity index (χ1) is 8.74. The van der Waals surface area contributed by atoms with E-state index >= 15 is 0 Å². The summed E-state index contributed by atoms with van der Waals surface area (Å²) >= 11 is 5.98.